The van der Waals surface area contributed by atoms with Crippen LogP contribution in [0.25, 0.3) is 0 Å². The predicted molar refractivity (Wildman–Crippen MR) is 66.4 cm³/mol. The molecular weight excluding hydrogens is 242 g/mol. The summed E-state index contributed by atoms with van der Waals surface area (Å²) in [7, 11) is 1.57. The first-order chi connectivity index (χ1) is 7.84. The van der Waals surface area contributed by atoms with Crippen molar-refractivity contribution in [3.8, 4) is 0 Å². The van der Waals surface area contributed by atoms with Crippen LogP contribution in [0.4, 0.5) is 0 Å². The summed E-state index contributed by atoms with van der Waals surface area (Å²) in [5, 5.41) is 19.8. The molecule has 2 unspecified atom stereocenters. The fraction of sp³-hybridized carbons (Fsp3) is 1.00. The third-order valence-corrected chi connectivity index (χ3v) is 6.48. The second-order valence-electron chi connectivity index (χ2n) is 4.26. The van der Waals surface area contributed by atoms with E-state index in [4.69, 9.17) is 19.0 Å². The Balaban J connectivity index is 5.21. The van der Waals surface area contributed by atoms with Crippen LogP contribution in [-0.4, -0.2) is 59.1 Å². The number of aliphatic hydroxyl groups is 2. The van der Waals surface area contributed by atoms with E-state index in [1.54, 1.807) is 13.8 Å². The number of hydrogen-bond donors (Lipinski definition) is 3. The molecule has 0 heterocycles. The average Bonchev–Trinajstić information content (AvgIpc) is 2.31. The van der Waals surface area contributed by atoms with Gasteiger partial charge in [-0.1, -0.05) is 0 Å². The van der Waals surface area contributed by atoms with Crippen LogP contribution in [-0.2, 0) is 13.3 Å². The van der Waals surface area contributed by atoms with Gasteiger partial charge in [0, 0.05) is 39.3 Å². The fourth-order valence-corrected chi connectivity index (χ4v) is 4.40. The maximum atomic E-state index is 9.90. The summed E-state index contributed by atoms with van der Waals surface area (Å²) in [4.78, 5) is 0. The lowest BCUT2D eigenvalue weighted by atomic mass is 9.80. The van der Waals surface area contributed by atoms with Gasteiger partial charge < -0.3 is 29.2 Å². The van der Waals surface area contributed by atoms with E-state index in [2.05, 4.69) is 0 Å². The zero-order valence-electron chi connectivity index (χ0n) is 11.3. The second-order valence-corrected chi connectivity index (χ2v) is 7.21. The van der Waals surface area contributed by atoms with E-state index in [1.165, 1.54) is 21.3 Å². The molecule has 0 amide bonds. The average molecular weight is 267 g/mol. The lowest BCUT2D eigenvalue weighted by Crippen LogP contribution is -2.57. The summed E-state index contributed by atoms with van der Waals surface area (Å²) in [6, 6.07) is 0.259. The van der Waals surface area contributed by atoms with Gasteiger partial charge in [0.25, 0.3) is 0 Å². The van der Waals surface area contributed by atoms with Crippen molar-refractivity contribution in [1.29, 1.82) is 0 Å². The molecule has 7 heteroatoms. The van der Waals surface area contributed by atoms with Gasteiger partial charge in [-0.05, 0) is 13.8 Å². The molecule has 6 nitrogen and oxygen atoms in total. The highest BCUT2D eigenvalue weighted by molar-refractivity contribution is 6.60. The van der Waals surface area contributed by atoms with Crippen LogP contribution in [0.1, 0.15) is 13.8 Å². The van der Waals surface area contributed by atoms with Crippen molar-refractivity contribution in [2.24, 2.45) is 11.1 Å². The normalized spacial score (nSPS) is 19.8. The minimum absolute atomic E-state index is 0.118. The van der Waals surface area contributed by atoms with E-state index in [0.717, 1.165) is 0 Å². The molecule has 0 aliphatic carbocycles. The lowest BCUT2D eigenvalue weighted by Gasteiger charge is -2.41. The van der Waals surface area contributed by atoms with Crippen LogP contribution in [0.2, 0.25) is 6.04 Å². The molecule has 0 fully saturated rings. The Morgan fingerprint density at radius 2 is 1.41 bits per heavy atom. The Hall–Kier alpha value is -0.0231. The Morgan fingerprint density at radius 3 is 1.59 bits per heavy atom. The molecule has 0 aromatic carbocycles. The number of nitrogens with two attached hydrogens (primary N) is 1. The minimum atomic E-state index is -2.90. The highest BCUT2D eigenvalue weighted by atomic mass is 28.4. The molecule has 0 aromatic rings. The quantitative estimate of drug-likeness (QED) is 0.517. The minimum Gasteiger partial charge on any atom is -0.393 e. The van der Waals surface area contributed by atoms with E-state index in [9.17, 15) is 10.2 Å². The first-order valence-electron chi connectivity index (χ1n) is 5.55. The molecule has 2 atom stereocenters. The van der Waals surface area contributed by atoms with Gasteiger partial charge >= 0.3 is 8.80 Å². The molecule has 4 N–H and O–H groups in total. The van der Waals surface area contributed by atoms with Crippen molar-refractivity contribution in [1.82, 2.24) is 0 Å². The summed E-state index contributed by atoms with van der Waals surface area (Å²) < 4.78 is 15.9. The van der Waals surface area contributed by atoms with E-state index in [-0.39, 0.29) is 12.6 Å². The molecule has 0 rings (SSSR count). The van der Waals surface area contributed by atoms with E-state index < -0.39 is 26.4 Å². The van der Waals surface area contributed by atoms with Crippen molar-refractivity contribution >= 4 is 8.80 Å². The van der Waals surface area contributed by atoms with Crippen molar-refractivity contribution in [3.05, 3.63) is 0 Å². The number of aliphatic hydroxyl groups excluding tert-OH is 2. The highest BCUT2D eigenvalue weighted by Gasteiger charge is 2.51. The highest BCUT2D eigenvalue weighted by Crippen LogP contribution is 2.36. The molecule has 104 valence electrons. The Bertz CT molecular complexity index is 204. The molecule has 0 aliphatic rings. The standard InChI is InChI=1S/C10H25NO5Si/c1-8(12)10(6-11,9(2)13)7-17(14-3,15-4)16-5/h8-9,12-13H,6-7,11H2,1-5H3. The van der Waals surface area contributed by atoms with Gasteiger partial charge in [-0.2, -0.15) is 0 Å². The van der Waals surface area contributed by atoms with Crippen molar-refractivity contribution in [2.75, 3.05) is 27.9 Å². The van der Waals surface area contributed by atoms with Gasteiger partial charge in [0.1, 0.15) is 0 Å². The molecule has 0 saturated heterocycles. The third kappa shape index (κ3) is 3.47. The topological polar surface area (TPSA) is 94.2 Å². The van der Waals surface area contributed by atoms with Gasteiger partial charge in [-0.25, -0.2) is 0 Å². The van der Waals surface area contributed by atoms with E-state index in [1.807, 2.05) is 0 Å². The monoisotopic (exact) mass is 267 g/mol. The number of rotatable bonds is 8. The van der Waals surface area contributed by atoms with Crippen LogP contribution < -0.4 is 5.73 Å². The van der Waals surface area contributed by atoms with Crippen LogP contribution in [0.5, 0.6) is 0 Å². The van der Waals surface area contributed by atoms with Gasteiger partial charge in [0.15, 0.2) is 0 Å². The Morgan fingerprint density at radius 1 is 1.06 bits per heavy atom. The molecule has 0 aliphatic heterocycles. The molecule has 17 heavy (non-hydrogen) atoms. The second kappa shape index (κ2) is 6.79. The molecule has 0 radical (unpaired) electrons. The van der Waals surface area contributed by atoms with Crippen molar-refractivity contribution < 1.29 is 23.5 Å². The van der Waals surface area contributed by atoms with E-state index in [0.29, 0.717) is 0 Å². The van der Waals surface area contributed by atoms with Crippen LogP contribution >= 0.6 is 0 Å². The molecule has 0 aromatic heterocycles. The van der Waals surface area contributed by atoms with Gasteiger partial charge in [-0.3, -0.25) is 0 Å². The predicted octanol–water partition coefficient (Wildman–Crippen LogP) is -0.429. The zero-order chi connectivity index (χ0) is 13.7. The summed E-state index contributed by atoms with van der Waals surface area (Å²) in [6.07, 6.45) is -1.58. The summed E-state index contributed by atoms with van der Waals surface area (Å²) in [5.74, 6) is 0. The summed E-state index contributed by atoms with van der Waals surface area (Å²) in [6.45, 7) is 3.31. The smallest absolute Gasteiger partial charge is 0.393 e. The summed E-state index contributed by atoms with van der Waals surface area (Å²) >= 11 is 0. The van der Waals surface area contributed by atoms with Gasteiger partial charge in [0.2, 0.25) is 0 Å². The first-order valence-corrected chi connectivity index (χ1v) is 7.49. The van der Waals surface area contributed by atoms with Crippen molar-refractivity contribution in [3.63, 3.8) is 0 Å². The van der Waals surface area contributed by atoms with E-state index >= 15 is 0 Å². The maximum Gasteiger partial charge on any atom is 0.500 e. The van der Waals surface area contributed by atoms with Crippen LogP contribution in [0.15, 0.2) is 0 Å². The molecule has 0 saturated carbocycles. The molecule has 0 spiro atoms. The molecule has 0 bridgehead atoms. The first kappa shape index (κ1) is 17.0. The van der Waals surface area contributed by atoms with Crippen molar-refractivity contribution in [2.45, 2.75) is 32.1 Å². The third-order valence-electron chi connectivity index (χ3n) is 3.52. The Labute approximate surface area is 104 Å². The largest absolute Gasteiger partial charge is 0.500 e. The fourth-order valence-electron chi connectivity index (χ4n) is 1.93. The lowest BCUT2D eigenvalue weighted by molar-refractivity contribution is -0.0476. The zero-order valence-corrected chi connectivity index (χ0v) is 12.3. The number of hydrogen-bond acceptors (Lipinski definition) is 6. The van der Waals surface area contributed by atoms with Gasteiger partial charge in [-0.15, -0.1) is 0 Å². The SMILES string of the molecule is CO[Si](CC(CN)(C(C)O)C(C)O)(OC)OC. The molecular formula is C10H25NO5Si. The maximum absolute atomic E-state index is 9.90. The Kier molecular flexibility index (Phi) is 6.78. The van der Waals surface area contributed by atoms with Crippen LogP contribution in [0, 0.1) is 5.41 Å². The van der Waals surface area contributed by atoms with Gasteiger partial charge in [0.05, 0.1) is 12.2 Å². The van der Waals surface area contributed by atoms with Crippen LogP contribution in [0.3, 0.4) is 0 Å². The summed E-state index contributed by atoms with van der Waals surface area (Å²) in [5.41, 5.74) is 4.82.